The van der Waals surface area contributed by atoms with Crippen LogP contribution >= 0.6 is 0 Å². The molecule has 1 saturated heterocycles. The Labute approximate surface area is 106 Å². The zero-order chi connectivity index (χ0) is 12.3. The van der Waals surface area contributed by atoms with E-state index in [1.807, 2.05) is 0 Å². The lowest BCUT2D eigenvalue weighted by Gasteiger charge is -2.42. The van der Waals surface area contributed by atoms with E-state index < -0.39 is 0 Å². The SMILES string of the molecule is CC1CCCC(C)N1NC(CN)C1CCCC1. The summed E-state index contributed by atoms with van der Waals surface area (Å²) in [6.45, 7) is 5.45. The average molecular weight is 239 g/mol. The summed E-state index contributed by atoms with van der Waals surface area (Å²) in [7, 11) is 0. The first-order chi connectivity index (χ1) is 8.22. The van der Waals surface area contributed by atoms with Gasteiger partial charge in [-0.25, -0.2) is 5.01 Å². The minimum atomic E-state index is 0.500. The summed E-state index contributed by atoms with van der Waals surface area (Å²) in [5.41, 5.74) is 9.73. The Morgan fingerprint density at radius 1 is 1.06 bits per heavy atom. The topological polar surface area (TPSA) is 41.3 Å². The van der Waals surface area contributed by atoms with Crippen LogP contribution in [0.15, 0.2) is 0 Å². The van der Waals surface area contributed by atoms with Crippen molar-refractivity contribution in [1.82, 2.24) is 10.4 Å². The van der Waals surface area contributed by atoms with Crippen LogP contribution in [0.25, 0.3) is 0 Å². The van der Waals surface area contributed by atoms with Crippen molar-refractivity contribution in [3.63, 3.8) is 0 Å². The number of hydrogen-bond donors (Lipinski definition) is 2. The van der Waals surface area contributed by atoms with Gasteiger partial charge >= 0.3 is 0 Å². The lowest BCUT2D eigenvalue weighted by atomic mass is 9.97. The first kappa shape index (κ1) is 13.3. The highest BCUT2D eigenvalue weighted by Gasteiger charge is 2.30. The first-order valence-corrected chi connectivity index (χ1v) is 7.47. The van der Waals surface area contributed by atoms with E-state index in [-0.39, 0.29) is 0 Å². The van der Waals surface area contributed by atoms with Gasteiger partial charge in [0.15, 0.2) is 0 Å². The van der Waals surface area contributed by atoms with Crippen LogP contribution in [0, 0.1) is 5.92 Å². The molecule has 3 heteroatoms. The highest BCUT2D eigenvalue weighted by molar-refractivity contribution is 4.84. The fourth-order valence-electron chi connectivity index (χ4n) is 3.58. The third-order valence-electron chi connectivity index (χ3n) is 4.73. The molecule has 0 spiro atoms. The van der Waals surface area contributed by atoms with Crippen LogP contribution in [-0.2, 0) is 0 Å². The summed E-state index contributed by atoms with van der Waals surface area (Å²) in [4.78, 5) is 0. The molecule has 2 fully saturated rings. The van der Waals surface area contributed by atoms with Gasteiger partial charge in [0.2, 0.25) is 0 Å². The van der Waals surface area contributed by atoms with Crippen molar-refractivity contribution >= 4 is 0 Å². The van der Waals surface area contributed by atoms with Gasteiger partial charge in [0.25, 0.3) is 0 Å². The minimum Gasteiger partial charge on any atom is -0.329 e. The monoisotopic (exact) mass is 239 g/mol. The third-order valence-corrected chi connectivity index (χ3v) is 4.73. The molecule has 0 aromatic carbocycles. The van der Waals surface area contributed by atoms with Gasteiger partial charge in [-0.1, -0.05) is 19.3 Å². The van der Waals surface area contributed by atoms with E-state index in [0.29, 0.717) is 18.1 Å². The summed E-state index contributed by atoms with van der Waals surface area (Å²) in [5.74, 6) is 0.807. The Balaban J connectivity index is 1.91. The predicted molar refractivity (Wildman–Crippen MR) is 72.6 cm³/mol. The second-order valence-electron chi connectivity index (χ2n) is 6.05. The number of nitrogens with one attached hydrogen (secondary N) is 1. The maximum absolute atomic E-state index is 5.97. The van der Waals surface area contributed by atoms with Gasteiger partial charge < -0.3 is 5.73 Å². The van der Waals surface area contributed by atoms with E-state index in [4.69, 9.17) is 5.73 Å². The number of rotatable bonds is 4. The van der Waals surface area contributed by atoms with Gasteiger partial charge in [-0.05, 0) is 45.4 Å². The fourth-order valence-corrected chi connectivity index (χ4v) is 3.58. The molecule has 17 heavy (non-hydrogen) atoms. The molecular formula is C14H29N3. The fraction of sp³-hybridized carbons (Fsp3) is 1.00. The van der Waals surface area contributed by atoms with Crippen LogP contribution in [0.3, 0.4) is 0 Å². The van der Waals surface area contributed by atoms with E-state index in [1.165, 1.54) is 44.9 Å². The van der Waals surface area contributed by atoms with Crippen LogP contribution in [0.5, 0.6) is 0 Å². The predicted octanol–water partition coefficient (Wildman–Crippen LogP) is 2.27. The molecule has 0 bridgehead atoms. The number of hydrogen-bond acceptors (Lipinski definition) is 3. The van der Waals surface area contributed by atoms with Gasteiger partial charge in [0, 0.05) is 24.7 Å². The largest absolute Gasteiger partial charge is 0.329 e. The zero-order valence-corrected chi connectivity index (χ0v) is 11.5. The molecule has 0 aromatic heterocycles. The molecule has 2 aliphatic rings. The Kier molecular flexibility index (Phi) is 4.83. The molecule has 0 aromatic rings. The summed E-state index contributed by atoms with van der Waals surface area (Å²) in [6.07, 6.45) is 9.54. The Morgan fingerprint density at radius 2 is 1.65 bits per heavy atom. The van der Waals surface area contributed by atoms with Crippen LogP contribution in [-0.4, -0.2) is 29.7 Å². The Morgan fingerprint density at radius 3 is 2.18 bits per heavy atom. The van der Waals surface area contributed by atoms with Gasteiger partial charge in [0.05, 0.1) is 0 Å². The summed E-state index contributed by atoms with van der Waals surface area (Å²) >= 11 is 0. The number of hydrazine groups is 1. The van der Waals surface area contributed by atoms with Crippen LogP contribution in [0.4, 0.5) is 0 Å². The maximum atomic E-state index is 5.97. The van der Waals surface area contributed by atoms with Crippen molar-refractivity contribution in [2.24, 2.45) is 11.7 Å². The molecule has 3 nitrogen and oxygen atoms in total. The average Bonchev–Trinajstić information content (AvgIpc) is 2.82. The Hall–Kier alpha value is -0.120. The van der Waals surface area contributed by atoms with E-state index in [9.17, 15) is 0 Å². The molecule has 1 heterocycles. The van der Waals surface area contributed by atoms with Crippen molar-refractivity contribution in [1.29, 1.82) is 0 Å². The second kappa shape index (κ2) is 6.17. The number of piperidine rings is 1. The molecule has 0 amide bonds. The molecule has 3 atom stereocenters. The highest BCUT2D eigenvalue weighted by atomic mass is 15.5. The molecule has 1 aliphatic carbocycles. The van der Waals surface area contributed by atoms with Crippen molar-refractivity contribution in [3.8, 4) is 0 Å². The van der Waals surface area contributed by atoms with E-state index in [0.717, 1.165) is 12.5 Å². The molecule has 100 valence electrons. The number of nitrogens with zero attached hydrogens (tertiary/aromatic N) is 1. The van der Waals surface area contributed by atoms with Crippen molar-refractivity contribution in [2.45, 2.75) is 76.9 Å². The van der Waals surface area contributed by atoms with Crippen LogP contribution in [0.1, 0.15) is 58.8 Å². The molecule has 1 saturated carbocycles. The molecule has 0 radical (unpaired) electrons. The molecule has 3 N–H and O–H groups in total. The van der Waals surface area contributed by atoms with Crippen molar-refractivity contribution in [3.05, 3.63) is 0 Å². The van der Waals surface area contributed by atoms with Crippen molar-refractivity contribution < 1.29 is 0 Å². The Bertz CT molecular complexity index is 216. The van der Waals surface area contributed by atoms with E-state index in [2.05, 4.69) is 24.3 Å². The molecule has 2 rings (SSSR count). The van der Waals surface area contributed by atoms with Gasteiger partial charge in [-0.2, -0.15) is 0 Å². The quantitative estimate of drug-likeness (QED) is 0.791. The normalized spacial score (nSPS) is 34.1. The summed E-state index contributed by atoms with van der Waals surface area (Å²) in [6, 6.07) is 1.82. The van der Waals surface area contributed by atoms with Gasteiger partial charge in [-0.3, -0.25) is 5.43 Å². The van der Waals surface area contributed by atoms with E-state index >= 15 is 0 Å². The molecular weight excluding hydrogens is 210 g/mol. The van der Waals surface area contributed by atoms with Crippen molar-refractivity contribution in [2.75, 3.05) is 6.54 Å². The van der Waals surface area contributed by atoms with E-state index in [1.54, 1.807) is 0 Å². The standard InChI is InChI=1S/C14H29N3/c1-11-6-5-7-12(2)17(11)16-14(10-15)13-8-3-4-9-13/h11-14,16H,3-10,15H2,1-2H3. The van der Waals surface area contributed by atoms with Crippen LogP contribution in [0.2, 0.25) is 0 Å². The second-order valence-corrected chi connectivity index (χ2v) is 6.05. The lowest BCUT2D eigenvalue weighted by Crippen LogP contribution is -2.58. The summed E-state index contributed by atoms with van der Waals surface area (Å²) in [5, 5.41) is 2.49. The van der Waals surface area contributed by atoms with Gasteiger partial charge in [-0.15, -0.1) is 0 Å². The zero-order valence-electron chi connectivity index (χ0n) is 11.5. The number of nitrogens with two attached hydrogens (primary N) is 1. The van der Waals surface area contributed by atoms with Crippen LogP contribution < -0.4 is 11.2 Å². The molecule has 1 aliphatic heterocycles. The smallest absolute Gasteiger partial charge is 0.0366 e. The molecule has 3 unspecified atom stereocenters. The lowest BCUT2D eigenvalue weighted by molar-refractivity contribution is 0.0205. The maximum Gasteiger partial charge on any atom is 0.0366 e. The first-order valence-electron chi connectivity index (χ1n) is 7.47. The third kappa shape index (κ3) is 3.21. The highest BCUT2D eigenvalue weighted by Crippen LogP contribution is 2.29. The van der Waals surface area contributed by atoms with Gasteiger partial charge in [0.1, 0.15) is 0 Å². The minimum absolute atomic E-state index is 0.500. The summed E-state index contributed by atoms with van der Waals surface area (Å²) < 4.78 is 0.